The first-order chi connectivity index (χ1) is 12.6. The smallest absolute Gasteiger partial charge is 0.289 e. The Hall–Kier alpha value is -3.16. The molecule has 0 aliphatic carbocycles. The highest BCUT2D eigenvalue weighted by molar-refractivity contribution is 5.99. The number of aryl methyl sites for hydroxylation is 1. The van der Waals surface area contributed by atoms with Gasteiger partial charge in [-0.1, -0.05) is 0 Å². The summed E-state index contributed by atoms with van der Waals surface area (Å²) in [6, 6.07) is 3.23. The molecular weight excluding hydrogens is 334 g/mol. The third-order valence-corrected chi connectivity index (χ3v) is 4.51. The van der Waals surface area contributed by atoms with Crippen LogP contribution in [0.5, 0.6) is 0 Å². The van der Waals surface area contributed by atoms with Gasteiger partial charge in [-0.25, -0.2) is 9.50 Å². The maximum atomic E-state index is 12.7. The van der Waals surface area contributed by atoms with Gasteiger partial charge in [0.2, 0.25) is 0 Å². The quantitative estimate of drug-likeness (QED) is 0.773. The van der Waals surface area contributed by atoms with E-state index in [1.165, 1.54) is 12.5 Å². The van der Waals surface area contributed by atoms with E-state index in [-0.39, 0.29) is 17.9 Å². The molecule has 3 aromatic heterocycles. The lowest BCUT2D eigenvalue weighted by Gasteiger charge is -2.32. The molecule has 1 aliphatic rings. The van der Waals surface area contributed by atoms with Crippen LogP contribution in [0.1, 0.15) is 39.3 Å². The summed E-state index contributed by atoms with van der Waals surface area (Å²) in [6.45, 7) is 3.03. The molecule has 8 nitrogen and oxygen atoms in total. The lowest BCUT2D eigenvalue weighted by Crippen LogP contribution is -2.49. The summed E-state index contributed by atoms with van der Waals surface area (Å²) >= 11 is 0. The van der Waals surface area contributed by atoms with Gasteiger partial charge in [-0.15, -0.1) is 0 Å². The zero-order valence-corrected chi connectivity index (χ0v) is 14.4. The minimum Gasteiger partial charge on any atom is -0.459 e. The average Bonchev–Trinajstić information content (AvgIpc) is 3.30. The van der Waals surface area contributed by atoms with Crippen LogP contribution in [0.15, 0.2) is 41.4 Å². The van der Waals surface area contributed by atoms with Gasteiger partial charge in [-0.05, 0) is 37.5 Å². The van der Waals surface area contributed by atoms with Crippen LogP contribution in [0, 0.1) is 6.92 Å². The predicted octanol–water partition coefficient (Wildman–Crippen LogP) is 1.67. The van der Waals surface area contributed by atoms with E-state index in [9.17, 15) is 9.59 Å². The summed E-state index contributed by atoms with van der Waals surface area (Å²) in [4.78, 5) is 31.1. The second-order valence-corrected chi connectivity index (χ2v) is 6.50. The van der Waals surface area contributed by atoms with Crippen molar-refractivity contribution in [2.45, 2.75) is 25.8 Å². The van der Waals surface area contributed by atoms with Gasteiger partial charge in [0.15, 0.2) is 11.4 Å². The maximum Gasteiger partial charge on any atom is 0.289 e. The Morgan fingerprint density at radius 3 is 3.04 bits per heavy atom. The molecule has 0 aromatic carbocycles. The fourth-order valence-electron chi connectivity index (χ4n) is 3.23. The summed E-state index contributed by atoms with van der Waals surface area (Å²) < 4.78 is 6.78. The first kappa shape index (κ1) is 16.3. The number of likely N-dealkylation sites (tertiary alicyclic amines) is 1. The highest BCUT2D eigenvalue weighted by Gasteiger charge is 2.27. The van der Waals surface area contributed by atoms with Crippen LogP contribution in [0.4, 0.5) is 0 Å². The van der Waals surface area contributed by atoms with Crippen LogP contribution < -0.4 is 5.32 Å². The molecule has 8 heteroatoms. The number of amides is 2. The molecule has 2 amide bonds. The highest BCUT2D eigenvalue weighted by atomic mass is 16.3. The van der Waals surface area contributed by atoms with Crippen LogP contribution in [0.25, 0.3) is 5.65 Å². The van der Waals surface area contributed by atoms with Crippen LogP contribution >= 0.6 is 0 Å². The third-order valence-electron chi connectivity index (χ3n) is 4.51. The van der Waals surface area contributed by atoms with Gasteiger partial charge in [-0.2, -0.15) is 5.10 Å². The number of nitrogens with one attached hydrogen (secondary N) is 1. The Morgan fingerprint density at radius 1 is 1.35 bits per heavy atom. The number of aromatic nitrogens is 3. The van der Waals surface area contributed by atoms with Crippen molar-refractivity contribution in [2.24, 2.45) is 0 Å². The molecule has 1 atom stereocenters. The first-order valence-electron chi connectivity index (χ1n) is 8.55. The Bertz CT molecular complexity index is 947. The van der Waals surface area contributed by atoms with Gasteiger partial charge in [-0.3, -0.25) is 9.59 Å². The van der Waals surface area contributed by atoms with Gasteiger partial charge in [0.05, 0.1) is 12.5 Å². The Kier molecular flexibility index (Phi) is 4.16. The van der Waals surface area contributed by atoms with Gasteiger partial charge >= 0.3 is 0 Å². The molecule has 1 saturated heterocycles. The van der Waals surface area contributed by atoms with Gasteiger partial charge in [0.1, 0.15) is 5.56 Å². The molecule has 4 heterocycles. The summed E-state index contributed by atoms with van der Waals surface area (Å²) in [6.07, 6.45) is 8.17. The molecule has 0 saturated carbocycles. The second kappa shape index (κ2) is 6.62. The Balaban J connectivity index is 1.46. The molecule has 1 N–H and O–H groups in total. The number of carbonyl (C=O) groups excluding carboxylic acids is 2. The second-order valence-electron chi connectivity index (χ2n) is 6.50. The van der Waals surface area contributed by atoms with Gasteiger partial charge in [0.25, 0.3) is 11.8 Å². The summed E-state index contributed by atoms with van der Waals surface area (Å²) in [5.41, 5.74) is 1.92. The largest absolute Gasteiger partial charge is 0.459 e. The predicted molar refractivity (Wildman–Crippen MR) is 92.8 cm³/mol. The molecule has 0 spiro atoms. The standard InChI is InChI=1S/C18H19N5O3/c1-12-8-19-16-14(9-20-23(16)10-12)17(24)21-13-4-2-6-22(11-13)18(25)15-5-3-7-26-15/h3,5,7-10,13H,2,4,6,11H2,1H3,(H,21,24)/t13-/m1/s1. The van der Waals surface area contributed by atoms with Crippen molar-refractivity contribution >= 4 is 17.5 Å². The minimum absolute atomic E-state index is 0.115. The Labute approximate surface area is 149 Å². The number of hydrogen-bond donors (Lipinski definition) is 1. The fourth-order valence-corrected chi connectivity index (χ4v) is 3.23. The number of furan rings is 1. The van der Waals surface area contributed by atoms with Gasteiger partial charge < -0.3 is 14.6 Å². The zero-order chi connectivity index (χ0) is 18.1. The molecule has 0 radical (unpaired) electrons. The number of nitrogens with zero attached hydrogens (tertiary/aromatic N) is 4. The normalized spacial score (nSPS) is 17.4. The molecule has 0 unspecified atom stereocenters. The van der Waals surface area contributed by atoms with Crippen molar-refractivity contribution in [1.82, 2.24) is 24.8 Å². The molecule has 4 rings (SSSR count). The average molecular weight is 353 g/mol. The van der Waals surface area contributed by atoms with E-state index in [0.717, 1.165) is 18.4 Å². The molecule has 1 aliphatic heterocycles. The van der Waals surface area contributed by atoms with Crippen molar-refractivity contribution in [3.63, 3.8) is 0 Å². The third kappa shape index (κ3) is 3.05. The lowest BCUT2D eigenvalue weighted by molar-refractivity contribution is 0.0647. The van der Waals surface area contributed by atoms with E-state index in [0.29, 0.717) is 30.1 Å². The van der Waals surface area contributed by atoms with Crippen LogP contribution in [-0.4, -0.2) is 50.4 Å². The fraction of sp³-hybridized carbons (Fsp3) is 0.333. The van der Waals surface area contributed by atoms with Crippen molar-refractivity contribution in [1.29, 1.82) is 0 Å². The molecule has 1 fully saturated rings. The van der Waals surface area contributed by atoms with E-state index >= 15 is 0 Å². The summed E-state index contributed by atoms with van der Waals surface area (Å²) in [7, 11) is 0. The van der Waals surface area contributed by atoms with E-state index in [1.54, 1.807) is 27.7 Å². The maximum absolute atomic E-state index is 12.7. The van der Waals surface area contributed by atoms with Crippen molar-refractivity contribution in [3.05, 3.63) is 53.9 Å². The topological polar surface area (TPSA) is 92.7 Å². The Morgan fingerprint density at radius 2 is 2.23 bits per heavy atom. The molecule has 0 bridgehead atoms. The minimum atomic E-state index is -0.228. The van der Waals surface area contributed by atoms with Crippen molar-refractivity contribution in [2.75, 3.05) is 13.1 Å². The summed E-state index contributed by atoms with van der Waals surface area (Å²) in [5.74, 6) is -0.0603. The van der Waals surface area contributed by atoms with E-state index in [1.807, 2.05) is 13.1 Å². The van der Waals surface area contributed by atoms with Crippen LogP contribution in [0.2, 0.25) is 0 Å². The summed E-state index contributed by atoms with van der Waals surface area (Å²) in [5, 5.41) is 7.19. The first-order valence-corrected chi connectivity index (χ1v) is 8.55. The highest BCUT2D eigenvalue weighted by Crippen LogP contribution is 2.16. The molecular formula is C18H19N5O3. The SMILES string of the molecule is Cc1cnc2c(C(=O)N[C@@H]3CCCN(C(=O)c4ccco4)C3)cnn2c1. The van der Waals surface area contributed by atoms with E-state index < -0.39 is 0 Å². The van der Waals surface area contributed by atoms with E-state index in [2.05, 4.69) is 15.4 Å². The lowest BCUT2D eigenvalue weighted by atomic mass is 10.0. The number of rotatable bonds is 3. The monoisotopic (exact) mass is 353 g/mol. The zero-order valence-electron chi connectivity index (χ0n) is 14.4. The van der Waals surface area contributed by atoms with Crippen LogP contribution in [0.3, 0.4) is 0 Å². The van der Waals surface area contributed by atoms with Crippen LogP contribution in [-0.2, 0) is 0 Å². The van der Waals surface area contributed by atoms with Gasteiger partial charge in [0, 0.05) is 31.5 Å². The number of hydrogen-bond acceptors (Lipinski definition) is 5. The number of piperidine rings is 1. The molecule has 26 heavy (non-hydrogen) atoms. The number of carbonyl (C=O) groups is 2. The van der Waals surface area contributed by atoms with Crippen molar-refractivity contribution in [3.8, 4) is 0 Å². The molecule has 3 aromatic rings. The molecule has 134 valence electrons. The van der Waals surface area contributed by atoms with Crippen molar-refractivity contribution < 1.29 is 14.0 Å². The number of fused-ring (bicyclic) bond motifs is 1. The van der Waals surface area contributed by atoms with E-state index in [4.69, 9.17) is 4.42 Å².